The van der Waals surface area contributed by atoms with Crippen molar-refractivity contribution >= 4 is 34.3 Å². The van der Waals surface area contributed by atoms with Crippen LogP contribution in [-0.2, 0) is 4.79 Å². The van der Waals surface area contributed by atoms with Crippen LogP contribution in [0.25, 0.3) is 10.9 Å². The summed E-state index contributed by atoms with van der Waals surface area (Å²) in [7, 11) is 0. The smallest absolute Gasteiger partial charge is 0.310 e. The monoisotopic (exact) mass is 291 g/mol. The summed E-state index contributed by atoms with van der Waals surface area (Å²) in [4.78, 5) is 26.9. The summed E-state index contributed by atoms with van der Waals surface area (Å²) in [6, 6.07) is 5.20. The van der Waals surface area contributed by atoms with Crippen molar-refractivity contribution in [2.24, 2.45) is 5.92 Å². The Morgan fingerprint density at radius 3 is 2.80 bits per heavy atom. The zero-order chi connectivity index (χ0) is 14.3. The molecule has 5 heteroatoms. The molecule has 20 heavy (non-hydrogen) atoms. The van der Waals surface area contributed by atoms with E-state index >= 15 is 0 Å². The molecule has 1 aliphatic rings. The number of hydrogen-bond donors (Lipinski definition) is 1. The minimum absolute atomic E-state index is 0.0104. The molecular formula is C15H14ClNO3. The quantitative estimate of drug-likeness (QED) is 0.690. The molecule has 1 saturated carbocycles. The molecule has 0 atom stereocenters. The topological polar surface area (TPSA) is 59.2 Å². The molecule has 0 radical (unpaired) electrons. The van der Waals surface area contributed by atoms with E-state index in [1.807, 2.05) is 0 Å². The number of carbonyl (C=O) groups is 2. The average Bonchev–Trinajstić information content (AvgIpc) is 3.22. The fraction of sp³-hybridized carbons (Fsp3) is 0.333. The predicted octanol–water partition coefficient (Wildman–Crippen LogP) is 3.73. The molecule has 4 nitrogen and oxygen atoms in total. The number of hydrogen-bond acceptors (Lipinski definition) is 3. The second kappa shape index (κ2) is 4.94. The molecule has 0 unspecified atom stereocenters. The van der Waals surface area contributed by atoms with Gasteiger partial charge in [-0.25, -0.2) is 0 Å². The van der Waals surface area contributed by atoms with Crippen molar-refractivity contribution in [3.8, 4) is 5.75 Å². The van der Waals surface area contributed by atoms with Crippen LogP contribution < -0.4 is 4.74 Å². The van der Waals surface area contributed by atoms with Gasteiger partial charge in [0, 0.05) is 22.7 Å². The molecule has 2 aromatic rings. The summed E-state index contributed by atoms with van der Waals surface area (Å²) in [6.07, 6.45) is 2.06. The lowest BCUT2D eigenvalue weighted by Gasteiger charge is -2.04. The van der Waals surface area contributed by atoms with Crippen LogP contribution in [0.2, 0.25) is 5.02 Å². The van der Waals surface area contributed by atoms with Crippen LogP contribution in [0.4, 0.5) is 0 Å². The first-order valence-corrected chi connectivity index (χ1v) is 7.04. The Kier molecular flexibility index (Phi) is 3.26. The van der Waals surface area contributed by atoms with Gasteiger partial charge in [-0.05, 0) is 31.0 Å². The SMILES string of the molecule is CCC(=O)Oc1c(C(=O)C2CC2)[nH]c2cc(Cl)ccc12. The van der Waals surface area contributed by atoms with E-state index in [1.54, 1.807) is 25.1 Å². The highest BCUT2D eigenvalue weighted by Gasteiger charge is 2.34. The Bertz CT molecular complexity index is 700. The highest BCUT2D eigenvalue weighted by atomic mass is 35.5. The van der Waals surface area contributed by atoms with Gasteiger partial charge >= 0.3 is 5.97 Å². The number of halogens is 1. The van der Waals surface area contributed by atoms with E-state index in [2.05, 4.69) is 4.98 Å². The highest BCUT2D eigenvalue weighted by molar-refractivity contribution is 6.31. The second-order valence-electron chi connectivity index (χ2n) is 4.99. The Morgan fingerprint density at radius 1 is 1.40 bits per heavy atom. The van der Waals surface area contributed by atoms with Gasteiger partial charge in [0.2, 0.25) is 0 Å². The van der Waals surface area contributed by atoms with Crippen LogP contribution in [0.1, 0.15) is 36.7 Å². The minimum Gasteiger partial charge on any atom is -0.423 e. The van der Waals surface area contributed by atoms with Gasteiger partial charge in [-0.2, -0.15) is 0 Å². The number of ketones is 1. The van der Waals surface area contributed by atoms with E-state index in [-0.39, 0.29) is 24.1 Å². The molecule has 0 aliphatic heterocycles. The number of esters is 1. The number of ether oxygens (including phenoxy) is 1. The number of benzene rings is 1. The van der Waals surface area contributed by atoms with Gasteiger partial charge in [-0.15, -0.1) is 0 Å². The van der Waals surface area contributed by atoms with Gasteiger partial charge in [0.05, 0.1) is 5.52 Å². The fourth-order valence-electron chi connectivity index (χ4n) is 2.16. The molecule has 1 aliphatic carbocycles. The van der Waals surface area contributed by atoms with Crippen molar-refractivity contribution in [2.45, 2.75) is 26.2 Å². The van der Waals surface area contributed by atoms with Gasteiger partial charge in [0.15, 0.2) is 11.5 Å². The van der Waals surface area contributed by atoms with Crippen molar-refractivity contribution in [3.05, 3.63) is 28.9 Å². The zero-order valence-electron chi connectivity index (χ0n) is 11.0. The summed E-state index contributed by atoms with van der Waals surface area (Å²) in [5, 5.41) is 1.28. The number of H-pyrrole nitrogens is 1. The molecule has 0 spiro atoms. The van der Waals surface area contributed by atoms with Gasteiger partial charge in [-0.3, -0.25) is 9.59 Å². The third kappa shape index (κ3) is 2.31. The summed E-state index contributed by atoms with van der Waals surface area (Å²) in [5.74, 6) is 0.0416. The van der Waals surface area contributed by atoms with Crippen LogP contribution in [-0.4, -0.2) is 16.7 Å². The maximum absolute atomic E-state index is 12.3. The van der Waals surface area contributed by atoms with E-state index in [0.29, 0.717) is 27.4 Å². The van der Waals surface area contributed by atoms with Gasteiger partial charge < -0.3 is 9.72 Å². The third-order valence-electron chi connectivity index (χ3n) is 3.41. The summed E-state index contributed by atoms with van der Waals surface area (Å²) in [5.41, 5.74) is 1.09. The number of rotatable bonds is 4. The molecule has 1 fully saturated rings. The summed E-state index contributed by atoms with van der Waals surface area (Å²) >= 11 is 5.96. The van der Waals surface area contributed by atoms with Gasteiger partial charge in [-0.1, -0.05) is 18.5 Å². The molecule has 1 N–H and O–H groups in total. The minimum atomic E-state index is -0.356. The molecule has 0 bridgehead atoms. The lowest BCUT2D eigenvalue weighted by atomic mass is 10.1. The standard InChI is InChI=1S/C15H14ClNO3/c1-2-12(18)20-15-10-6-5-9(16)7-11(10)17-13(15)14(19)8-3-4-8/h5-8,17H,2-4H2,1H3. The molecule has 1 aromatic carbocycles. The van der Waals surface area contributed by atoms with Gasteiger partial charge in [0.25, 0.3) is 0 Å². The molecule has 104 valence electrons. The zero-order valence-corrected chi connectivity index (χ0v) is 11.8. The average molecular weight is 292 g/mol. The number of aromatic nitrogens is 1. The van der Waals surface area contributed by atoms with Crippen LogP contribution in [0.3, 0.4) is 0 Å². The van der Waals surface area contributed by atoms with Crippen LogP contribution in [0.5, 0.6) is 5.75 Å². The normalized spacial score (nSPS) is 14.5. The lowest BCUT2D eigenvalue weighted by molar-refractivity contribution is -0.133. The maximum atomic E-state index is 12.3. The van der Waals surface area contributed by atoms with Crippen LogP contribution in [0, 0.1) is 5.92 Å². The molecule has 0 amide bonds. The number of aromatic amines is 1. The van der Waals surface area contributed by atoms with Crippen LogP contribution >= 0.6 is 11.6 Å². The molecule has 1 aromatic heterocycles. The van der Waals surface area contributed by atoms with Crippen molar-refractivity contribution in [1.82, 2.24) is 4.98 Å². The maximum Gasteiger partial charge on any atom is 0.310 e. The Morgan fingerprint density at radius 2 is 2.15 bits per heavy atom. The summed E-state index contributed by atoms with van der Waals surface area (Å²) < 4.78 is 5.35. The van der Waals surface area contributed by atoms with Crippen molar-refractivity contribution < 1.29 is 14.3 Å². The molecule has 3 rings (SSSR count). The predicted molar refractivity (Wildman–Crippen MR) is 76.3 cm³/mol. The van der Waals surface area contributed by atoms with Crippen molar-refractivity contribution in [3.63, 3.8) is 0 Å². The van der Waals surface area contributed by atoms with E-state index in [1.165, 1.54) is 0 Å². The van der Waals surface area contributed by atoms with Crippen molar-refractivity contribution in [1.29, 1.82) is 0 Å². The fourth-order valence-corrected chi connectivity index (χ4v) is 2.33. The van der Waals surface area contributed by atoms with E-state index in [9.17, 15) is 9.59 Å². The summed E-state index contributed by atoms with van der Waals surface area (Å²) in [6.45, 7) is 1.72. The Balaban J connectivity index is 2.12. The molecule has 1 heterocycles. The number of nitrogens with one attached hydrogen (secondary N) is 1. The Hall–Kier alpha value is -1.81. The number of fused-ring (bicyclic) bond motifs is 1. The van der Waals surface area contributed by atoms with Gasteiger partial charge in [0.1, 0.15) is 5.69 Å². The lowest BCUT2D eigenvalue weighted by Crippen LogP contribution is -2.10. The van der Waals surface area contributed by atoms with Crippen molar-refractivity contribution in [2.75, 3.05) is 0 Å². The first-order valence-electron chi connectivity index (χ1n) is 6.66. The first kappa shape index (κ1) is 13.2. The van der Waals surface area contributed by atoms with E-state index in [4.69, 9.17) is 16.3 Å². The van der Waals surface area contributed by atoms with Crippen LogP contribution in [0.15, 0.2) is 18.2 Å². The van der Waals surface area contributed by atoms with E-state index < -0.39 is 0 Å². The molecular weight excluding hydrogens is 278 g/mol. The largest absolute Gasteiger partial charge is 0.423 e. The first-order chi connectivity index (χ1) is 9.60. The number of Topliss-reactive ketones (excluding diaryl/α,β-unsaturated/α-hetero) is 1. The molecule has 0 saturated heterocycles. The third-order valence-corrected chi connectivity index (χ3v) is 3.65. The number of carbonyl (C=O) groups excluding carboxylic acids is 2. The highest BCUT2D eigenvalue weighted by Crippen LogP contribution is 2.38. The Labute approximate surface area is 121 Å². The second-order valence-corrected chi connectivity index (χ2v) is 5.42. The van der Waals surface area contributed by atoms with E-state index in [0.717, 1.165) is 12.8 Å².